The fourth-order valence-electron chi connectivity index (χ4n) is 2.97. The summed E-state index contributed by atoms with van der Waals surface area (Å²) < 4.78 is 5.93. The second-order valence-corrected chi connectivity index (χ2v) is 6.88. The largest absolute Gasteiger partial charge is 0.406 e. The third kappa shape index (κ3) is 4.59. The van der Waals surface area contributed by atoms with Crippen molar-refractivity contribution >= 4 is 11.9 Å². The minimum absolute atomic E-state index is 0.0151. The van der Waals surface area contributed by atoms with Crippen LogP contribution in [0.15, 0.2) is 34.7 Å². The van der Waals surface area contributed by atoms with E-state index in [1.807, 2.05) is 44.2 Å². The summed E-state index contributed by atoms with van der Waals surface area (Å²) in [6, 6.07) is 10.3. The van der Waals surface area contributed by atoms with Crippen LogP contribution in [0, 0.1) is 5.92 Å². The molecule has 2 heterocycles. The van der Waals surface area contributed by atoms with E-state index in [9.17, 15) is 4.79 Å². The molecule has 1 atom stereocenters. The van der Waals surface area contributed by atoms with E-state index in [0.29, 0.717) is 18.3 Å². The highest BCUT2D eigenvalue weighted by Gasteiger charge is 2.24. The second-order valence-electron chi connectivity index (χ2n) is 6.88. The molecular weight excluding hydrogens is 316 g/mol. The summed E-state index contributed by atoms with van der Waals surface area (Å²) in [5, 5.41) is 11.5. The maximum atomic E-state index is 12.2. The quantitative estimate of drug-likeness (QED) is 0.873. The number of nitrogens with zero attached hydrogens (tertiary/aromatic N) is 3. The van der Waals surface area contributed by atoms with Crippen molar-refractivity contribution in [3.63, 3.8) is 0 Å². The smallest absolute Gasteiger partial charge is 0.318 e. The number of nitrogens with one attached hydrogen (secondary N) is 1. The van der Waals surface area contributed by atoms with Gasteiger partial charge in [0, 0.05) is 25.4 Å². The Morgan fingerprint density at radius 1 is 1.16 bits per heavy atom. The highest BCUT2D eigenvalue weighted by molar-refractivity contribution is 5.78. The van der Waals surface area contributed by atoms with Gasteiger partial charge in [-0.2, -0.15) is 0 Å². The van der Waals surface area contributed by atoms with Crippen LogP contribution in [0.25, 0.3) is 0 Å². The number of anilines is 1. The Morgan fingerprint density at radius 3 is 2.56 bits per heavy atom. The molecule has 1 aliphatic heterocycles. The summed E-state index contributed by atoms with van der Waals surface area (Å²) >= 11 is 0. The predicted molar refractivity (Wildman–Crippen MR) is 96.2 cm³/mol. The highest BCUT2D eigenvalue weighted by atomic mass is 16.4. The van der Waals surface area contributed by atoms with Gasteiger partial charge in [-0.15, -0.1) is 5.10 Å². The molecule has 1 saturated heterocycles. The van der Waals surface area contributed by atoms with Gasteiger partial charge in [-0.25, -0.2) is 0 Å². The fourth-order valence-corrected chi connectivity index (χ4v) is 2.97. The van der Waals surface area contributed by atoms with Crippen molar-refractivity contribution in [1.29, 1.82) is 0 Å². The SMILES string of the molecule is CC(C)C(=O)N[C@H](Cc1ccccc1)c1nnc(N2CCCCC2)o1. The third-order valence-corrected chi connectivity index (χ3v) is 4.48. The monoisotopic (exact) mass is 342 g/mol. The van der Waals surface area contributed by atoms with E-state index in [2.05, 4.69) is 20.4 Å². The van der Waals surface area contributed by atoms with Crippen LogP contribution < -0.4 is 10.2 Å². The Kier molecular flexibility index (Phi) is 5.68. The zero-order valence-corrected chi connectivity index (χ0v) is 14.9. The topological polar surface area (TPSA) is 71.3 Å². The van der Waals surface area contributed by atoms with Crippen molar-refractivity contribution in [3.05, 3.63) is 41.8 Å². The number of piperidine rings is 1. The van der Waals surface area contributed by atoms with E-state index >= 15 is 0 Å². The Morgan fingerprint density at radius 2 is 1.88 bits per heavy atom. The molecule has 1 amide bonds. The molecule has 1 aromatic carbocycles. The van der Waals surface area contributed by atoms with Crippen LogP contribution in [0.5, 0.6) is 0 Å². The molecule has 0 saturated carbocycles. The van der Waals surface area contributed by atoms with Gasteiger partial charge in [0.2, 0.25) is 11.8 Å². The van der Waals surface area contributed by atoms with Crippen LogP contribution in [0.3, 0.4) is 0 Å². The normalized spacial score (nSPS) is 16.0. The number of hydrogen-bond donors (Lipinski definition) is 1. The maximum absolute atomic E-state index is 12.2. The van der Waals surface area contributed by atoms with Crippen molar-refractivity contribution in [2.24, 2.45) is 5.92 Å². The van der Waals surface area contributed by atoms with Gasteiger partial charge in [-0.3, -0.25) is 4.79 Å². The molecule has 0 aliphatic carbocycles. The van der Waals surface area contributed by atoms with E-state index in [1.165, 1.54) is 6.42 Å². The van der Waals surface area contributed by atoms with E-state index in [0.717, 1.165) is 31.5 Å². The first-order chi connectivity index (χ1) is 12.1. The number of carbonyl (C=O) groups is 1. The van der Waals surface area contributed by atoms with Crippen molar-refractivity contribution in [3.8, 4) is 0 Å². The average molecular weight is 342 g/mol. The first kappa shape index (κ1) is 17.5. The predicted octanol–water partition coefficient (Wildman–Crippen LogP) is 3.12. The molecule has 0 spiro atoms. The second kappa shape index (κ2) is 8.14. The van der Waals surface area contributed by atoms with Gasteiger partial charge in [0.1, 0.15) is 6.04 Å². The van der Waals surface area contributed by atoms with E-state index in [4.69, 9.17) is 4.42 Å². The number of amides is 1. The van der Waals surface area contributed by atoms with Crippen molar-refractivity contribution < 1.29 is 9.21 Å². The summed E-state index contributed by atoms with van der Waals surface area (Å²) in [7, 11) is 0. The molecule has 2 aromatic rings. The lowest BCUT2D eigenvalue weighted by Crippen LogP contribution is -2.33. The zero-order chi connectivity index (χ0) is 17.6. The van der Waals surface area contributed by atoms with Gasteiger partial charge in [0.05, 0.1) is 0 Å². The minimum Gasteiger partial charge on any atom is -0.406 e. The molecule has 25 heavy (non-hydrogen) atoms. The maximum Gasteiger partial charge on any atom is 0.318 e. The molecule has 3 rings (SSSR count). The third-order valence-electron chi connectivity index (χ3n) is 4.48. The van der Waals surface area contributed by atoms with Crippen molar-refractivity contribution in [2.45, 2.75) is 45.6 Å². The Balaban J connectivity index is 1.78. The lowest BCUT2D eigenvalue weighted by atomic mass is 10.0. The Hall–Kier alpha value is -2.37. The lowest BCUT2D eigenvalue weighted by molar-refractivity contribution is -0.124. The summed E-state index contributed by atoms with van der Waals surface area (Å²) in [5.41, 5.74) is 1.12. The molecular formula is C19H26N4O2. The number of carbonyl (C=O) groups excluding carboxylic acids is 1. The Bertz CT molecular complexity index is 678. The standard InChI is InChI=1S/C19H26N4O2/c1-14(2)17(24)20-16(13-15-9-5-3-6-10-15)18-21-22-19(25-18)23-11-7-4-8-12-23/h3,5-6,9-10,14,16H,4,7-8,11-13H2,1-2H3,(H,20,24)/t16-/m1/s1. The molecule has 6 heteroatoms. The highest BCUT2D eigenvalue weighted by Crippen LogP contribution is 2.23. The van der Waals surface area contributed by atoms with Gasteiger partial charge in [-0.1, -0.05) is 49.3 Å². The van der Waals surface area contributed by atoms with Gasteiger partial charge >= 0.3 is 6.01 Å². The Labute approximate surface area is 148 Å². The van der Waals surface area contributed by atoms with Crippen LogP contribution in [0.1, 0.15) is 50.6 Å². The van der Waals surface area contributed by atoms with E-state index < -0.39 is 0 Å². The summed E-state index contributed by atoms with van der Waals surface area (Å²) in [5.74, 6) is 0.361. The lowest BCUT2D eigenvalue weighted by Gasteiger charge is -2.24. The molecule has 1 fully saturated rings. The zero-order valence-electron chi connectivity index (χ0n) is 14.9. The summed E-state index contributed by atoms with van der Waals surface area (Å²) in [6.07, 6.45) is 4.17. The molecule has 1 aliphatic rings. The van der Waals surface area contributed by atoms with Crippen molar-refractivity contribution in [2.75, 3.05) is 18.0 Å². The first-order valence-electron chi connectivity index (χ1n) is 9.06. The molecule has 134 valence electrons. The van der Waals surface area contributed by atoms with Gasteiger partial charge in [-0.05, 0) is 24.8 Å². The summed E-state index contributed by atoms with van der Waals surface area (Å²) in [4.78, 5) is 14.3. The van der Waals surface area contributed by atoms with E-state index in [1.54, 1.807) is 0 Å². The van der Waals surface area contributed by atoms with Crippen LogP contribution in [0.2, 0.25) is 0 Å². The molecule has 0 unspecified atom stereocenters. The van der Waals surface area contributed by atoms with Crippen LogP contribution >= 0.6 is 0 Å². The fraction of sp³-hybridized carbons (Fsp3) is 0.526. The summed E-state index contributed by atoms with van der Waals surface area (Å²) in [6.45, 7) is 5.65. The van der Waals surface area contributed by atoms with E-state index in [-0.39, 0.29) is 17.9 Å². The van der Waals surface area contributed by atoms with Crippen LogP contribution in [-0.2, 0) is 11.2 Å². The van der Waals surface area contributed by atoms with Crippen LogP contribution in [-0.4, -0.2) is 29.2 Å². The molecule has 1 aromatic heterocycles. The number of benzene rings is 1. The van der Waals surface area contributed by atoms with Gasteiger partial charge < -0.3 is 14.6 Å². The number of rotatable bonds is 6. The molecule has 1 N–H and O–H groups in total. The number of aromatic nitrogens is 2. The molecule has 6 nitrogen and oxygen atoms in total. The number of hydrogen-bond acceptors (Lipinski definition) is 5. The average Bonchev–Trinajstić information content (AvgIpc) is 3.13. The molecule has 0 bridgehead atoms. The minimum atomic E-state index is -0.316. The van der Waals surface area contributed by atoms with Crippen LogP contribution in [0.4, 0.5) is 6.01 Å². The first-order valence-corrected chi connectivity index (χ1v) is 9.06. The van der Waals surface area contributed by atoms with Gasteiger partial charge in [0.15, 0.2) is 0 Å². The van der Waals surface area contributed by atoms with Crippen molar-refractivity contribution in [1.82, 2.24) is 15.5 Å². The molecule has 0 radical (unpaired) electrons. The van der Waals surface area contributed by atoms with Gasteiger partial charge in [0.25, 0.3) is 0 Å².